The summed E-state index contributed by atoms with van der Waals surface area (Å²) >= 11 is 12.0. The van der Waals surface area contributed by atoms with E-state index in [1.165, 1.54) is 39.7 Å². The summed E-state index contributed by atoms with van der Waals surface area (Å²) in [5.74, 6) is 0.0500. The van der Waals surface area contributed by atoms with Gasteiger partial charge in [0, 0.05) is 37.6 Å². The molecule has 1 aromatic carbocycles. The van der Waals surface area contributed by atoms with E-state index in [0.29, 0.717) is 41.7 Å². The number of halogens is 3. The minimum absolute atomic E-state index is 0.0255. The van der Waals surface area contributed by atoms with Gasteiger partial charge >= 0.3 is 5.69 Å². The van der Waals surface area contributed by atoms with Crippen LogP contribution in [0.15, 0.2) is 47.5 Å². The van der Waals surface area contributed by atoms with Gasteiger partial charge in [-0.25, -0.2) is 18.4 Å². The third-order valence-corrected chi connectivity index (χ3v) is 5.98. The van der Waals surface area contributed by atoms with Crippen LogP contribution in [0.25, 0.3) is 17.1 Å². The second kappa shape index (κ2) is 9.20. The summed E-state index contributed by atoms with van der Waals surface area (Å²) in [6.07, 6.45) is 4.57. The lowest BCUT2D eigenvalue weighted by atomic mass is 9.97. The molecule has 31 heavy (non-hydrogen) atoms. The van der Waals surface area contributed by atoms with E-state index in [1.54, 1.807) is 17.2 Å². The summed E-state index contributed by atoms with van der Waals surface area (Å²) in [5, 5.41) is 4.92. The maximum Gasteiger partial charge on any atom is 0.350 e. The van der Waals surface area contributed by atoms with Crippen molar-refractivity contribution in [1.82, 2.24) is 24.2 Å². The number of benzene rings is 1. The number of carbonyl (C=O) groups excluding carboxylic acids is 1. The molecule has 1 saturated heterocycles. The molecule has 0 N–H and O–H groups in total. The van der Waals surface area contributed by atoms with Gasteiger partial charge in [0.05, 0.1) is 10.7 Å². The van der Waals surface area contributed by atoms with Crippen molar-refractivity contribution in [3.63, 3.8) is 0 Å². The fourth-order valence-corrected chi connectivity index (χ4v) is 4.15. The quantitative estimate of drug-likeness (QED) is 0.543. The first-order chi connectivity index (χ1) is 15.0. The van der Waals surface area contributed by atoms with E-state index in [2.05, 4.69) is 10.1 Å². The van der Waals surface area contributed by atoms with Gasteiger partial charge in [-0.1, -0.05) is 11.6 Å². The molecule has 0 bridgehead atoms. The van der Waals surface area contributed by atoms with Crippen molar-refractivity contribution >= 4 is 29.1 Å². The number of piperidine rings is 1. The average molecular weight is 464 g/mol. The highest BCUT2D eigenvalue weighted by Crippen LogP contribution is 2.27. The number of rotatable bonds is 5. The topological polar surface area (TPSA) is 73.0 Å². The highest BCUT2D eigenvalue weighted by atomic mass is 35.5. The van der Waals surface area contributed by atoms with Crippen LogP contribution < -0.4 is 5.69 Å². The zero-order chi connectivity index (χ0) is 22.0. The predicted octanol–water partition coefficient (Wildman–Crippen LogP) is 3.37. The Morgan fingerprint density at radius 3 is 2.52 bits per heavy atom. The largest absolute Gasteiger partial charge is 0.350 e. The van der Waals surface area contributed by atoms with Crippen LogP contribution in [0.4, 0.5) is 4.39 Å². The van der Waals surface area contributed by atoms with Crippen molar-refractivity contribution in [3.8, 4) is 17.1 Å². The summed E-state index contributed by atoms with van der Waals surface area (Å²) in [4.78, 5) is 30.8. The van der Waals surface area contributed by atoms with E-state index < -0.39 is 5.82 Å². The molecule has 1 aliphatic rings. The first-order valence-corrected chi connectivity index (χ1v) is 10.8. The Hall–Kier alpha value is -2.71. The lowest BCUT2D eigenvalue weighted by Crippen LogP contribution is -2.40. The Labute approximate surface area is 188 Å². The van der Waals surface area contributed by atoms with E-state index in [0.717, 1.165) is 12.8 Å². The fraction of sp³-hybridized carbons (Fsp3) is 0.333. The van der Waals surface area contributed by atoms with Gasteiger partial charge in [0.2, 0.25) is 5.91 Å². The molecule has 1 aliphatic heterocycles. The van der Waals surface area contributed by atoms with Gasteiger partial charge in [-0.15, -0.1) is 16.7 Å². The van der Waals surface area contributed by atoms with Gasteiger partial charge in [-0.05, 0) is 49.1 Å². The maximum absolute atomic E-state index is 13.4. The number of nitrogens with zero attached hydrogens (tertiary/aromatic N) is 5. The van der Waals surface area contributed by atoms with E-state index in [4.69, 9.17) is 23.2 Å². The first kappa shape index (κ1) is 21.5. The normalized spacial score (nSPS) is 14.7. The Bertz CT molecular complexity index is 1140. The standard InChI is InChI=1S/C21H20Cl2FN5O2/c22-11-19(30)27-9-6-14(7-10-27)13-28-21(31)29(16-3-1-15(24)2-4-16)20(26-28)17-5-8-25-12-18(17)23/h1-5,8,12,14H,6-7,9-11,13H2. The highest BCUT2D eigenvalue weighted by Gasteiger charge is 2.25. The van der Waals surface area contributed by atoms with Gasteiger partial charge in [0.15, 0.2) is 5.82 Å². The van der Waals surface area contributed by atoms with Crippen molar-refractivity contribution in [3.05, 3.63) is 64.0 Å². The predicted molar refractivity (Wildman–Crippen MR) is 116 cm³/mol. The van der Waals surface area contributed by atoms with Crippen LogP contribution in [0.3, 0.4) is 0 Å². The van der Waals surface area contributed by atoms with Gasteiger partial charge < -0.3 is 4.90 Å². The number of amides is 1. The van der Waals surface area contributed by atoms with Crippen LogP contribution in [0, 0.1) is 11.7 Å². The zero-order valence-corrected chi connectivity index (χ0v) is 18.1. The minimum Gasteiger partial charge on any atom is -0.342 e. The summed E-state index contributed by atoms with van der Waals surface area (Å²) < 4.78 is 16.3. The van der Waals surface area contributed by atoms with Crippen LogP contribution >= 0.6 is 23.2 Å². The maximum atomic E-state index is 13.4. The molecule has 0 radical (unpaired) electrons. The van der Waals surface area contributed by atoms with Gasteiger partial charge in [-0.2, -0.15) is 0 Å². The molecule has 0 saturated carbocycles. The lowest BCUT2D eigenvalue weighted by molar-refractivity contribution is -0.129. The molecule has 0 unspecified atom stereocenters. The van der Waals surface area contributed by atoms with Crippen molar-refractivity contribution in [2.75, 3.05) is 19.0 Å². The van der Waals surface area contributed by atoms with Crippen molar-refractivity contribution < 1.29 is 9.18 Å². The average Bonchev–Trinajstić information content (AvgIpc) is 3.10. The van der Waals surface area contributed by atoms with Crippen LogP contribution in [-0.2, 0) is 11.3 Å². The first-order valence-electron chi connectivity index (χ1n) is 9.87. The van der Waals surface area contributed by atoms with Gasteiger partial charge in [0.25, 0.3) is 0 Å². The zero-order valence-electron chi connectivity index (χ0n) is 16.5. The number of pyridine rings is 1. The summed E-state index contributed by atoms with van der Waals surface area (Å²) in [5.41, 5.74) is 0.705. The van der Waals surface area contributed by atoms with E-state index in [1.807, 2.05) is 0 Å². The third kappa shape index (κ3) is 4.50. The molecule has 0 aliphatic carbocycles. The number of likely N-dealkylation sites (tertiary alicyclic amines) is 1. The number of carbonyl (C=O) groups is 1. The highest BCUT2D eigenvalue weighted by molar-refractivity contribution is 6.33. The van der Waals surface area contributed by atoms with Crippen LogP contribution in [-0.4, -0.2) is 49.1 Å². The molecule has 3 heterocycles. The van der Waals surface area contributed by atoms with Crippen LogP contribution in [0.2, 0.25) is 5.02 Å². The summed E-state index contributed by atoms with van der Waals surface area (Å²) in [7, 11) is 0. The third-order valence-electron chi connectivity index (χ3n) is 5.45. The van der Waals surface area contributed by atoms with Crippen molar-refractivity contribution in [1.29, 1.82) is 0 Å². The summed E-state index contributed by atoms with van der Waals surface area (Å²) in [6, 6.07) is 7.32. The smallest absolute Gasteiger partial charge is 0.342 e. The fourth-order valence-electron chi connectivity index (χ4n) is 3.77. The monoisotopic (exact) mass is 463 g/mol. The van der Waals surface area contributed by atoms with Gasteiger partial charge in [0.1, 0.15) is 11.7 Å². The van der Waals surface area contributed by atoms with Crippen LogP contribution in [0.1, 0.15) is 12.8 Å². The van der Waals surface area contributed by atoms with Crippen molar-refractivity contribution in [2.45, 2.75) is 19.4 Å². The SMILES string of the molecule is O=C(CCl)N1CCC(Cn2nc(-c3ccncc3Cl)n(-c3ccc(F)cc3)c2=O)CC1. The molecule has 2 aromatic heterocycles. The second-order valence-electron chi connectivity index (χ2n) is 7.41. The molecule has 1 fully saturated rings. The number of hydrogen-bond acceptors (Lipinski definition) is 4. The Morgan fingerprint density at radius 2 is 1.87 bits per heavy atom. The molecule has 162 valence electrons. The van der Waals surface area contributed by atoms with Gasteiger partial charge in [-0.3, -0.25) is 9.78 Å². The molecule has 4 rings (SSSR count). The van der Waals surface area contributed by atoms with E-state index >= 15 is 0 Å². The van der Waals surface area contributed by atoms with Crippen molar-refractivity contribution in [2.24, 2.45) is 5.92 Å². The Morgan fingerprint density at radius 1 is 1.16 bits per heavy atom. The molecular formula is C21H20Cl2FN5O2. The molecule has 1 amide bonds. The molecule has 3 aromatic rings. The lowest BCUT2D eigenvalue weighted by Gasteiger charge is -2.31. The molecule has 10 heteroatoms. The number of aromatic nitrogens is 4. The van der Waals surface area contributed by atoms with E-state index in [9.17, 15) is 14.0 Å². The Kier molecular flexibility index (Phi) is 6.38. The molecule has 0 spiro atoms. The van der Waals surface area contributed by atoms with Crippen LogP contribution in [0.5, 0.6) is 0 Å². The number of hydrogen-bond donors (Lipinski definition) is 0. The minimum atomic E-state index is -0.397. The molecular weight excluding hydrogens is 444 g/mol. The molecule has 7 nitrogen and oxygen atoms in total. The summed E-state index contributed by atoms with van der Waals surface area (Å²) in [6.45, 7) is 1.62. The van der Waals surface area contributed by atoms with E-state index in [-0.39, 0.29) is 23.4 Å². The second-order valence-corrected chi connectivity index (χ2v) is 8.09. The Balaban J connectivity index is 1.68. The number of alkyl halides is 1. The molecule has 0 atom stereocenters.